The Hall–Kier alpha value is -3.04. The maximum atomic E-state index is 12.4. The molecule has 26 heavy (non-hydrogen) atoms. The minimum atomic E-state index is -0.647. The number of nitrogens with zero attached hydrogens (tertiary/aromatic N) is 3. The van der Waals surface area contributed by atoms with Gasteiger partial charge in [-0.2, -0.15) is 10.1 Å². The fraction of sp³-hybridized carbons (Fsp3) is 0. The van der Waals surface area contributed by atoms with E-state index in [4.69, 9.17) is 16.6 Å². The van der Waals surface area contributed by atoms with Crippen LogP contribution in [0.4, 0.5) is 5.88 Å². The average Bonchev–Trinajstić information content (AvgIpc) is 3.19. The average molecular weight is 385 g/mol. The Kier molecular flexibility index (Phi) is 5.40. The molecule has 0 radical (unpaired) electrons. The van der Waals surface area contributed by atoms with E-state index in [1.54, 1.807) is 6.08 Å². The van der Waals surface area contributed by atoms with E-state index in [1.807, 2.05) is 36.4 Å². The molecule has 1 amide bonds. The van der Waals surface area contributed by atoms with E-state index in [2.05, 4.69) is 5.10 Å². The van der Waals surface area contributed by atoms with Crippen LogP contribution >= 0.6 is 24.0 Å². The molecular formula is C17H11N3O4S2. The minimum absolute atomic E-state index is 0.199. The number of thiocarbonyl (C=S) groups is 1. The lowest BCUT2D eigenvalue weighted by Gasteiger charge is -2.04. The second-order valence-corrected chi connectivity index (χ2v) is 6.64. The number of hydrazone groups is 1. The number of nitro groups is 1. The van der Waals surface area contributed by atoms with Crippen LogP contribution in [-0.2, 0) is 4.79 Å². The summed E-state index contributed by atoms with van der Waals surface area (Å²) >= 11 is 6.20. The number of carbonyl (C=O) groups excluding carboxylic acids is 1. The monoisotopic (exact) mass is 385 g/mol. The summed E-state index contributed by atoms with van der Waals surface area (Å²) in [4.78, 5) is 22.6. The molecule has 2 aromatic rings. The third-order valence-corrected chi connectivity index (χ3v) is 4.48. The van der Waals surface area contributed by atoms with Gasteiger partial charge in [0.05, 0.1) is 11.0 Å². The molecule has 3 rings (SSSR count). The van der Waals surface area contributed by atoms with E-state index in [0.29, 0.717) is 0 Å². The zero-order chi connectivity index (χ0) is 18.5. The molecule has 0 N–H and O–H groups in total. The minimum Gasteiger partial charge on any atom is -0.401 e. The Labute approximate surface area is 157 Å². The zero-order valence-corrected chi connectivity index (χ0v) is 14.8. The predicted octanol–water partition coefficient (Wildman–Crippen LogP) is 4.09. The second-order valence-electron chi connectivity index (χ2n) is 4.96. The molecule has 1 aliphatic rings. The number of furan rings is 1. The van der Waals surface area contributed by atoms with Crippen molar-refractivity contribution in [3.63, 3.8) is 0 Å². The fourth-order valence-corrected chi connectivity index (χ4v) is 3.18. The van der Waals surface area contributed by atoms with Gasteiger partial charge in [0.25, 0.3) is 5.91 Å². The number of allylic oxidation sites excluding steroid dienone is 1. The van der Waals surface area contributed by atoms with Crippen LogP contribution in [0.1, 0.15) is 11.3 Å². The molecule has 9 heteroatoms. The maximum Gasteiger partial charge on any atom is 0.433 e. The zero-order valence-electron chi connectivity index (χ0n) is 13.1. The maximum absolute atomic E-state index is 12.4. The molecule has 1 aliphatic heterocycles. The van der Waals surface area contributed by atoms with Gasteiger partial charge in [0.1, 0.15) is 10.7 Å². The van der Waals surface area contributed by atoms with Crippen LogP contribution < -0.4 is 0 Å². The van der Waals surface area contributed by atoms with Crippen LogP contribution in [0.3, 0.4) is 0 Å². The lowest BCUT2D eigenvalue weighted by molar-refractivity contribution is -0.402. The van der Waals surface area contributed by atoms with Crippen molar-refractivity contribution in [3.05, 3.63) is 74.9 Å². The van der Waals surface area contributed by atoms with Crippen molar-refractivity contribution in [2.75, 3.05) is 0 Å². The van der Waals surface area contributed by atoms with Gasteiger partial charge in [0, 0.05) is 12.3 Å². The van der Waals surface area contributed by atoms with Crippen molar-refractivity contribution in [3.8, 4) is 0 Å². The third-order valence-electron chi connectivity index (χ3n) is 3.20. The fourth-order valence-electron chi connectivity index (χ4n) is 2.03. The van der Waals surface area contributed by atoms with Crippen molar-refractivity contribution >= 4 is 58.5 Å². The first kappa shape index (κ1) is 17.8. The quantitative estimate of drug-likeness (QED) is 0.253. The summed E-state index contributed by atoms with van der Waals surface area (Å²) in [6.07, 6.45) is 6.42. The Morgan fingerprint density at radius 3 is 2.69 bits per heavy atom. The van der Waals surface area contributed by atoms with Gasteiger partial charge >= 0.3 is 5.88 Å². The van der Waals surface area contributed by atoms with Crippen LogP contribution in [-0.4, -0.2) is 26.4 Å². The topological polar surface area (TPSA) is 88.9 Å². The summed E-state index contributed by atoms with van der Waals surface area (Å²) in [7, 11) is 0. The molecule has 1 saturated heterocycles. The number of hydrogen-bond acceptors (Lipinski definition) is 7. The SMILES string of the molecule is O=C1/C(=C\c2ccc([N+](=O)[O-])o2)SC(=S)N1/N=C/C=C\c1ccccc1. The lowest BCUT2D eigenvalue weighted by Crippen LogP contribution is -2.21. The van der Waals surface area contributed by atoms with Crippen molar-refractivity contribution in [1.29, 1.82) is 0 Å². The Morgan fingerprint density at radius 2 is 2.00 bits per heavy atom. The molecule has 130 valence electrons. The normalized spacial score (nSPS) is 16.5. The van der Waals surface area contributed by atoms with Crippen molar-refractivity contribution in [2.24, 2.45) is 5.10 Å². The van der Waals surface area contributed by atoms with Gasteiger partial charge < -0.3 is 4.42 Å². The van der Waals surface area contributed by atoms with E-state index < -0.39 is 16.7 Å². The van der Waals surface area contributed by atoms with Gasteiger partial charge in [0.15, 0.2) is 4.32 Å². The largest absolute Gasteiger partial charge is 0.433 e. The van der Waals surface area contributed by atoms with Crippen LogP contribution in [0.2, 0.25) is 0 Å². The number of rotatable bonds is 5. The van der Waals surface area contributed by atoms with Crippen LogP contribution in [0, 0.1) is 10.1 Å². The van der Waals surface area contributed by atoms with Gasteiger partial charge in [-0.1, -0.05) is 48.2 Å². The molecule has 1 aromatic carbocycles. The lowest BCUT2D eigenvalue weighted by atomic mass is 10.2. The van der Waals surface area contributed by atoms with Crippen LogP contribution in [0.5, 0.6) is 0 Å². The van der Waals surface area contributed by atoms with Gasteiger partial charge in [-0.25, -0.2) is 0 Å². The van der Waals surface area contributed by atoms with Gasteiger partial charge in [0.2, 0.25) is 0 Å². The van der Waals surface area contributed by atoms with Gasteiger partial charge in [-0.3, -0.25) is 14.9 Å². The van der Waals surface area contributed by atoms with E-state index >= 15 is 0 Å². The van der Waals surface area contributed by atoms with E-state index in [1.165, 1.54) is 24.4 Å². The first-order valence-electron chi connectivity index (χ1n) is 7.32. The number of thioether (sulfide) groups is 1. The highest BCUT2D eigenvalue weighted by molar-refractivity contribution is 8.26. The van der Waals surface area contributed by atoms with Crippen LogP contribution in [0.25, 0.3) is 12.2 Å². The highest BCUT2D eigenvalue weighted by Crippen LogP contribution is 2.33. The van der Waals surface area contributed by atoms with E-state index in [9.17, 15) is 14.9 Å². The predicted molar refractivity (Wildman–Crippen MR) is 104 cm³/mol. The summed E-state index contributed by atoms with van der Waals surface area (Å²) in [6.45, 7) is 0. The highest BCUT2D eigenvalue weighted by Gasteiger charge is 2.32. The highest BCUT2D eigenvalue weighted by atomic mass is 32.2. The van der Waals surface area contributed by atoms with E-state index in [0.717, 1.165) is 22.3 Å². The summed E-state index contributed by atoms with van der Waals surface area (Å²) < 4.78 is 5.29. The molecule has 1 aromatic heterocycles. The molecule has 0 aliphatic carbocycles. The second kappa shape index (κ2) is 7.89. The van der Waals surface area contributed by atoms with Crippen molar-refractivity contribution < 1.29 is 14.1 Å². The molecule has 0 unspecified atom stereocenters. The molecule has 0 atom stereocenters. The summed E-state index contributed by atoms with van der Waals surface area (Å²) in [6, 6.07) is 12.3. The number of benzene rings is 1. The molecule has 0 spiro atoms. The van der Waals surface area contributed by atoms with Crippen LogP contribution in [0.15, 0.2) is 63.0 Å². The van der Waals surface area contributed by atoms with Crippen molar-refractivity contribution in [1.82, 2.24) is 5.01 Å². The Bertz CT molecular complexity index is 948. The van der Waals surface area contributed by atoms with Crippen molar-refractivity contribution in [2.45, 2.75) is 0 Å². The number of amides is 1. The number of carbonyl (C=O) groups is 1. The summed E-state index contributed by atoms with van der Waals surface area (Å²) in [5.74, 6) is -0.607. The number of hydrogen-bond donors (Lipinski definition) is 0. The molecular weight excluding hydrogens is 374 g/mol. The molecule has 1 fully saturated rings. The first-order valence-corrected chi connectivity index (χ1v) is 8.55. The molecule has 0 bridgehead atoms. The Morgan fingerprint density at radius 1 is 1.23 bits per heavy atom. The van der Waals surface area contributed by atoms with Gasteiger partial charge in [-0.15, -0.1) is 0 Å². The molecule has 0 saturated carbocycles. The molecule has 7 nitrogen and oxygen atoms in total. The first-order chi connectivity index (χ1) is 12.5. The smallest absolute Gasteiger partial charge is 0.401 e. The van der Waals surface area contributed by atoms with Gasteiger partial charge in [-0.05, 0) is 29.9 Å². The Balaban J connectivity index is 1.70. The van der Waals surface area contributed by atoms with E-state index in [-0.39, 0.29) is 15.0 Å². The summed E-state index contributed by atoms with van der Waals surface area (Å²) in [5, 5.41) is 15.8. The third kappa shape index (κ3) is 4.13. The molecule has 2 heterocycles. The standard InChI is InChI=1S/C17H11N3O4S2/c21-16-14(11-13-8-9-15(24-13)20(22)23)26-17(25)19(16)18-10-4-7-12-5-2-1-3-6-12/h1-11H/b7-4-,14-11+,18-10+. The summed E-state index contributed by atoms with van der Waals surface area (Å²) in [5.41, 5.74) is 1.00.